The molecule has 1 saturated carbocycles. The summed E-state index contributed by atoms with van der Waals surface area (Å²) in [6.45, 7) is 3.53. The Hall–Kier alpha value is -1.44. The van der Waals surface area contributed by atoms with Crippen LogP contribution in [-0.2, 0) is 14.8 Å². The lowest BCUT2D eigenvalue weighted by Gasteiger charge is -2.30. The largest absolute Gasteiger partial charge is 0.325 e. The van der Waals surface area contributed by atoms with Crippen LogP contribution < -0.4 is 10.6 Å². The van der Waals surface area contributed by atoms with Gasteiger partial charge >= 0.3 is 0 Å². The molecular formula is C19H29N3O3S. The van der Waals surface area contributed by atoms with E-state index in [4.69, 9.17) is 0 Å². The minimum atomic E-state index is -3.45. The Labute approximate surface area is 156 Å². The van der Waals surface area contributed by atoms with E-state index in [1.165, 1.54) is 12.8 Å². The summed E-state index contributed by atoms with van der Waals surface area (Å²) in [6, 6.07) is 6.92. The van der Waals surface area contributed by atoms with E-state index >= 15 is 0 Å². The summed E-state index contributed by atoms with van der Waals surface area (Å²) in [5.74, 6) is 0.293. The van der Waals surface area contributed by atoms with Crippen LogP contribution in [-0.4, -0.2) is 44.3 Å². The lowest BCUT2D eigenvalue weighted by Crippen LogP contribution is -2.39. The van der Waals surface area contributed by atoms with Gasteiger partial charge in [0.25, 0.3) is 0 Å². The van der Waals surface area contributed by atoms with Gasteiger partial charge in [0.1, 0.15) is 0 Å². The molecule has 1 saturated heterocycles. The van der Waals surface area contributed by atoms with Crippen molar-refractivity contribution in [3.05, 3.63) is 24.3 Å². The van der Waals surface area contributed by atoms with Gasteiger partial charge in [0.2, 0.25) is 15.9 Å². The van der Waals surface area contributed by atoms with Gasteiger partial charge in [-0.15, -0.1) is 0 Å². The highest BCUT2D eigenvalue weighted by Gasteiger charge is 2.28. The molecule has 3 rings (SSSR count). The molecule has 1 aliphatic carbocycles. The first-order chi connectivity index (χ1) is 12.4. The molecule has 1 heterocycles. The average molecular weight is 380 g/mol. The van der Waals surface area contributed by atoms with Gasteiger partial charge in [-0.3, -0.25) is 4.79 Å². The van der Waals surface area contributed by atoms with Crippen LogP contribution in [0.25, 0.3) is 0 Å². The first-order valence-corrected chi connectivity index (χ1v) is 11.0. The number of carbonyl (C=O) groups excluding carboxylic acids is 1. The van der Waals surface area contributed by atoms with E-state index in [2.05, 4.69) is 17.6 Å². The molecule has 0 aromatic heterocycles. The Morgan fingerprint density at radius 2 is 1.81 bits per heavy atom. The van der Waals surface area contributed by atoms with Gasteiger partial charge in [-0.25, -0.2) is 8.42 Å². The van der Waals surface area contributed by atoms with Crippen molar-refractivity contribution in [1.82, 2.24) is 9.62 Å². The first-order valence-electron chi connectivity index (χ1n) is 9.58. The highest BCUT2D eigenvalue weighted by molar-refractivity contribution is 7.89. The van der Waals surface area contributed by atoms with Crippen molar-refractivity contribution in [2.75, 3.05) is 25.0 Å². The summed E-state index contributed by atoms with van der Waals surface area (Å²) in [6.07, 6.45) is 6.70. The lowest BCUT2D eigenvalue weighted by atomic mass is 10.0. The molecule has 0 radical (unpaired) electrons. The fraction of sp³-hybridized carbons (Fsp3) is 0.632. The predicted molar refractivity (Wildman–Crippen MR) is 102 cm³/mol. The molecule has 7 heteroatoms. The van der Waals surface area contributed by atoms with E-state index < -0.39 is 10.0 Å². The summed E-state index contributed by atoms with van der Waals surface area (Å²) < 4.78 is 27.1. The summed E-state index contributed by atoms with van der Waals surface area (Å²) in [5, 5.41) is 6.09. The van der Waals surface area contributed by atoms with E-state index in [0.717, 1.165) is 25.7 Å². The maximum atomic E-state index is 12.7. The molecule has 0 bridgehead atoms. The van der Waals surface area contributed by atoms with Crippen molar-refractivity contribution in [2.24, 2.45) is 5.92 Å². The lowest BCUT2D eigenvalue weighted by molar-refractivity contribution is -0.115. The van der Waals surface area contributed by atoms with Crippen molar-refractivity contribution >= 4 is 21.6 Å². The molecule has 26 heavy (non-hydrogen) atoms. The van der Waals surface area contributed by atoms with Gasteiger partial charge < -0.3 is 10.6 Å². The zero-order chi connectivity index (χ0) is 18.6. The van der Waals surface area contributed by atoms with Gasteiger partial charge in [0, 0.05) is 24.8 Å². The van der Waals surface area contributed by atoms with Gasteiger partial charge in [0.05, 0.1) is 11.4 Å². The zero-order valence-electron chi connectivity index (χ0n) is 15.4. The van der Waals surface area contributed by atoms with E-state index in [9.17, 15) is 13.2 Å². The topological polar surface area (TPSA) is 78.5 Å². The summed E-state index contributed by atoms with van der Waals surface area (Å²) >= 11 is 0. The van der Waals surface area contributed by atoms with Crippen LogP contribution in [0.5, 0.6) is 0 Å². The predicted octanol–water partition coefficient (Wildman–Crippen LogP) is 2.58. The fourth-order valence-corrected chi connectivity index (χ4v) is 5.39. The van der Waals surface area contributed by atoms with Crippen LogP contribution in [0.2, 0.25) is 0 Å². The van der Waals surface area contributed by atoms with Gasteiger partial charge in [-0.1, -0.05) is 19.8 Å². The van der Waals surface area contributed by atoms with Crippen molar-refractivity contribution in [2.45, 2.75) is 56.4 Å². The number of nitrogens with zero attached hydrogens (tertiary/aromatic N) is 1. The fourth-order valence-electron chi connectivity index (χ4n) is 3.80. The van der Waals surface area contributed by atoms with Crippen molar-refractivity contribution in [3.63, 3.8) is 0 Å². The van der Waals surface area contributed by atoms with Crippen LogP contribution in [0.1, 0.15) is 45.4 Å². The number of amides is 1. The van der Waals surface area contributed by atoms with E-state index in [-0.39, 0.29) is 17.3 Å². The highest BCUT2D eigenvalue weighted by Crippen LogP contribution is 2.24. The van der Waals surface area contributed by atoms with E-state index in [1.54, 1.807) is 28.6 Å². The number of hydrogen-bond acceptors (Lipinski definition) is 4. The molecule has 2 N–H and O–H groups in total. The van der Waals surface area contributed by atoms with Crippen molar-refractivity contribution in [1.29, 1.82) is 0 Å². The third-order valence-electron chi connectivity index (χ3n) is 5.30. The first kappa shape index (κ1) is 19.3. The summed E-state index contributed by atoms with van der Waals surface area (Å²) in [7, 11) is -3.45. The number of benzene rings is 1. The Bertz CT molecular complexity index is 712. The molecular weight excluding hydrogens is 350 g/mol. The molecule has 1 atom stereocenters. The van der Waals surface area contributed by atoms with Gasteiger partial charge in [0.15, 0.2) is 0 Å². The van der Waals surface area contributed by atoms with E-state index in [0.29, 0.717) is 30.7 Å². The SMILES string of the molecule is C[C@H]1CCCN(S(=O)(=O)c2ccc(NC(=O)CNC3CCCC3)cc2)C1. The van der Waals surface area contributed by atoms with Gasteiger partial charge in [-0.2, -0.15) is 4.31 Å². The maximum absolute atomic E-state index is 12.7. The van der Waals surface area contributed by atoms with Crippen LogP contribution >= 0.6 is 0 Å². The normalized spacial score (nSPS) is 22.4. The van der Waals surface area contributed by atoms with Crippen LogP contribution in [0.4, 0.5) is 5.69 Å². The Balaban J connectivity index is 1.56. The quantitative estimate of drug-likeness (QED) is 0.796. The second-order valence-electron chi connectivity index (χ2n) is 7.55. The second-order valence-corrected chi connectivity index (χ2v) is 9.48. The minimum Gasteiger partial charge on any atom is -0.325 e. The molecule has 1 aromatic carbocycles. The maximum Gasteiger partial charge on any atom is 0.243 e. The number of sulfonamides is 1. The Morgan fingerprint density at radius 1 is 1.12 bits per heavy atom. The smallest absolute Gasteiger partial charge is 0.243 e. The van der Waals surface area contributed by atoms with E-state index in [1.807, 2.05) is 0 Å². The number of anilines is 1. The standard InChI is InChI=1S/C19H29N3O3S/c1-15-5-4-12-22(14-15)26(24,25)18-10-8-17(9-11-18)21-19(23)13-20-16-6-2-3-7-16/h8-11,15-16,20H,2-7,12-14H2,1H3,(H,21,23)/t15-/m0/s1. The van der Waals surface area contributed by atoms with Crippen LogP contribution in [0, 0.1) is 5.92 Å². The molecule has 6 nitrogen and oxygen atoms in total. The molecule has 1 amide bonds. The second kappa shape index (κ2) is 8.50. The third kappa shape index (κ3) is 4.84. The van der Waals surface area contributed by atoms with Crippen LogP contribution in [0.3, 0.4) is 0 Å². The average Bonchev–Trinajstić information content (AvgIpc) is 3.14. The zero-order valence-corrected chi connectivity index (χ0v) is 16.2. The van der Waals surface area contributed by atoms with Crippen LogP contribution in [0.15, 0.2) is 29.2 Å². The number of hydrogen-bond donors (Lipinski definition) is 2. The van der Waals surface area contributed by atoms with Crippen molar-refractivity contribution < 1.29 is 13.2 Å². The number of nitrogens with one attached hydrogen (secondary N) is 2. The Morgan fingerprint density at radius 3 is 2.46 bits per heavy atom. The van der Waals surface area contributed by atoms with Crippen molar-refractivity contribution in [3.8, 4) is 0 Å². The molecule has 1 aliphatic heterocycles. The third-order valence-corrected chi connectivity index (χ3v) is 7.18. The number of rotatable bonds is 6. The number of carbonyl (C=O) groups is 1. The summed E-state index contributed by atoms with van der Waals surface area (Å²) in [5.41, 5.74) is 0.620. The molecule has 0 spiro atoms. The molecule has 144 valence electrons. The van der Waals surface area contributed by atoms with Gasteiger partial charge in [-0.05, 0) is 55.9 Å². The Kier molecular flexibility index (Phi) is 6.32. The molecule has 0 unspecified atom stereocenters. The number of piperidine rings is 1. The minimum absolute atomic E-state index is 0.0997. The molecule has 1 aromatic rings. The molecule has 2 aliphatic rings. The molecule has 2 fully saturated rings. The summed E-state index contributed by atoms with van der Waals surface area (Å²) in [4.78, 5) is 12.3. The monoisotopic (exact) mass is 379 g/mol. The highest BCUT2D eigenvalue weighted by atomic mass is 32.2.